The van der Waals surface area contributed by atoms with Gasteiger partial charge in [-0.3, -0.25) is 9.69 Å². The average Bonchev–Trinajstić information content (AvgIpc) is 2.41. The Morgan fingerprint density at radius 2 is 1.95 bits per heavy atom. The van der Waals surface area contributed by atoms with Crippen molar-refractivity contribution in [2.24, 2.45) is 0 Å². The molecule has 0 radical (unpaired) electrons. The van der Waals surface area contributed by atoms with Gasteiger partial charge in [-0.1, -0.05) is 0 Å². The number of nitrogens with zero attached hydrogens (tertiary/aromatic N) is 2. The van der Waals surface area contributed by atoms with Gasteiger partial charge in [0.2, 0.25) is 0 Å². The molecule has 0 saturated carbocycles. The number of likely N-dealkylation sites (tertiary alicyclic amines) is 1. The Hall–Kier alpha value is -1.50. The van der Waals surface area contributed by atoms with Gasteiger partial charge in [-0.2, -0.15) is 13.2 Å². The number of hydrogen-bond acceptors (Lipinski definition) is 3. The van der Waals surface area contributed by atoms with Crippen LogP contribution in [0.5, 0.6) is 0 Å². The minimum Gasteiger partial charge on any atom is -0.381 e. The molecule has 0 atom stereocenters. The van der Waals surface area contributed by atoms with E-state index in [2.05, 4.69) is 5.32 Å². The van der Waals surface area contributed by atoms with Crippen molar-refractivity contribution in [3.05, 3.63) is 28.7 Å². The van der Waals surface area contributed by atoms with Crippen LogP contribution < -0.4 is 10.9 Å². The number of piperidine rings is 1. The molecule has 0 bridgehead atoms. The summed E-state index contributed by atoms with van der Waals surface area (Å²) in [6.45, 7) is 2.52. The van der Waals surface area contributed by atoms with Crippen molar-refractivity contribution in [2.75, 3.05) is 25.0 Å². The number of halogens is 3. The van der Waals surface area contributed by atoms with E-state index in [1.807, 2.05) is 6.92 Å². The number of anilines is 1. The maximum Gasteiger partial charge on any atom is 0.401 e. The molecule has 1 saturated heterocycles. The molecule has 1 N–H and O–H groups in total. The maximum atomic E-state index is 12.3. The van der Waals surface area contributed by atoms with Crippen LogP contribution in [0.3, 0.4) is 0 Å². The molecule has 0 aliphatic carbocycles. The van der Waals surface area contributed by atoms with E-state index in [1.54, 1.807) is 16.8 Å². The van der Waals surface area contributed by atoms with Crippen LogP contribution in [0.2, 0.25) is 0 Å². The Labute approximate surface area is 121 Å². The first-order valence-electron chi connectivity index (χ1n) is 7.13. The first kappa shape index (κ1) is 15.9. The molecule has 1 aliphatic rings. The van der Waals surface area contributed by atoms with Gasteiger partial charge in [-0.15, -0.1) is 0 Å². The Bertz CT molecular complexity index is 519. The fourth-order valence-corrected chi connectivity index (χ4v) is 2.59. The van der Waals surface area contributed by atoms with E-state index < -0.39 is 12.7 Å². The molecule has 21 heavy (non-hydrogen) atoms. The Morgan fingerprint density at radius 1 is 1.29 bits per heavy atom. The molecule has 2 heterocycles. The van der Waals surface area contributed by atoms with Crippen molar-refractivity contribution < 1.29 is 13.2 Å². The summed E-state index contributed by atoms with van der Waals surface area (Å²) in [6, 6.07) is 3.37. The summed E-state index contributed by atoms with van der Waals surface area (Å²) in [5.74, 6) is 0. The van der Waals surface area contributed by atoms with Gasteiger partial charge in [0.05, 0.1) is 12.2 Å². The van der Waals surface area contributed by atoms with Crippen LogP contribution in [0.25, 0.3) is 0 Å². The summed E-state index contributed by atoms with van der Waals surface area (Å²) in [7, 11) is 0. The molecule has 1 aromatic heterocycles. The highest BCUT2D eigenvalue weighted by Crippen LogP contribution is 2.21. The summed E-state index contributed by atoms with van der Waals surface area (Å²) in [6.07, 6.45) is -1.04. The van der Waals surface area contributed by atoms with Crippen molar-refractivity contribution in [1.82, 2.24) is 9.47 Å². The van der Waals surface area contributed by atoms with Gasteiger partial charge < -0.3 is 9.88 Å². The van der Waals surface area contributed by atoms with E-state index in [4.69, 9.17) is 0 Å². The number of aromatic nitrogens is 1. The first-order chi connectivity index (χ1) is 9.87. The third-order valence-corrected chi connectivity index (χ3v) is 3.69. The number of pyridine rings is 1. The Morgan fingerprint density at radius 3 is 2.52 bits per heavy atom. The fraction of sp³-hybridized carbons (Fsp3) is 0.643. The number of rotatable bonds is 4. The van der Waals surface area contributed by atoms with Crippen LogP contribution in [0.4, 0.5) is 18.9 Å². The molecule has 0 spiro atoms. The summed E-state index contributed by atoms with van der Waals surface area (Å²) < 4.78 is 38.5. The normalized spacial score (nSPS) is 17.9. The number of alkyl halides is 3. The van der Waals surface area contributed by atoms with Gasteiger partial charge in [0.15, 0.2) is 0 Å². The predicted octanol–water partition coefficient (Wildman–Crippen LogP) is 2.31. The SMILES string of the molecule is CCn1cc(NC2CCN(CC(F)(F)F)CC2)ccc1=O. The highest BCUT2D eigenvalue weighted by Gasteiger charge is 2.32. The van der Waals surface area contributed by atoms with Crippen molar-refractivity contribution >= 4 is 5.69 Å². The molecule has 7 heteroatoms. The zero-order valence-corrected chi connectivity index (χ0v) is 12.0. The lowest BCUT2D eigenvalue weighted by Gasteiger charge is -2.33. The van der Waals surface area contributed by atoms with E-state index in [9.17, 15) is 18.0 Å². The molecule has 0 unspecified atom stereocenters. The van der Waals surface area contributed by atoms with Crippen LogP contribution in [-0.2, 0) is 6.54 Å². The van der Waals surface area contributed by atoms with Crippen molar-refractivity contribution in [3.8, 4) is 0 Å². The Kier molecular flexibility index (Phi) is 4.92. The largest absolute Gasteiger partial charge is 0.401 e. The van der Waals surface area contributed by atoms with Crippen molar-refractivity contribution in [3.63, 3.8) is 0 Å². The predicted molar refractivity (Wildman–Crippen MR) is 75.5 cm³/mol. The van der Waals surface area contributed by atoms with E-state index in [0.29, 0.717) is 32.5 Å². The van der Waals surface area contributed by atoms with Crippen LogP contribution in [0, 0.1) is 0 Å². The van der Waals surface area contributed by atoms with Crippen LogP contribution in [0.1, 0.15) is 19.8 Å². The summed E-state index contributed by atoms with van der Waals surface area (Å²) >= 11 is 0. The molecule has 1 fully saturated rings. The quantitative estimate of drug-likeness (QED) is 0.927. The van der Waals surface area contributed by atoms with E-state index >= 15 is 0 Å². The molecule has 0 aromatic carbocycles. The van der Waals surface area contributed by atoms with Crippen LogP contribution >= 0.6 is 0 Å². The molecule has 4 nitrogen and oxygen atoms in total. The topological polar surface area (TPSA) is 37.3 Å². The third-order valence-electron chi connectivity index (χ3n) is 3.69. The highest BCUT2D eigenvalue weighted by atomic mass is 19.4. The first-order valence-corrected chi connectivity index (χ1v) is 7.13. The number of nitrogens with one attached hydrogen (secondary N) is 1. The second-order valence-corrected chi connectivity index (χ2v) is 5.35. The molecule has 1 aromatic rings. The average molecular weight is 303 g/mol. The maximum absolute atomic E-state index is 12.3. The van der Waals surface area contributed by atoms with E-state index in [0.717, 1.165) is 5.69 Å². The number of hydrogen-bond donors (Lipinski definition) is 1. The highest BCUT2D eigenvalue weighted by molar-refractivity contribution is 5.41. The van der Waals surface area contributed by atoms with E-state index in [-0.39, 0.29) is 11.6 Å². The standard InChI is InChI=1S/C14H20F3N3O/c1-2-20-9-12(3-4-13(20)21)18-11-5-7-19(8-6-11)10-14(15,16)17/h3-4,9,11,18H,2,5-8,10H2,1H3. The van der Waals surface area contributed by atoms with Gasteiger partial charge in [0, 0.05) is 37.9 Å². The lowest BCUT2D eigenvalue weighted by atomic mass is 10.0. The second-order valence-electron chi connectivity index (χ2n) is 5.35. The lowest BCUT2D eigenvalue weighted by Crippen LogP contribution is -2.43. The molecule has 1 aliphatic heterocycles. The molecule has 0 amide bonds. The fourth-order valence-electron chi connectivity index (χ4n) is 2.59. The smallest absolute Gasteiger partial charge is 0.381 e. The Balaban J connectivity index is 1.87. The molecule has 2 rings (SSSR count). The van der Waals surface area contributed by atoms with Crippen LogP contribution in [0.15, 0.2) is 23.1 Å². The van der Waals surface area contributed by atoms with Crippen molar-refractivity contribution in [1.29, 1.82) is 0 Å². The molecular formula is C14H20F3N3O. The molecule has 118 valence electrons. The monoisotopic (exact) mass is 303 g/mol. The zero-order valence-electron chi connectivity index (χ0n) is 12.0. The minimum atomic E-state index is -4.13. The summed E-state index contributed by atoms with van der Waals surface area (Å²) in [4.78, 5) is 12.9. The third kappa shape index (κ3) is 4.77. The molecular weight excluding hydrogens is 283 g/mol. The lowest BCUT2D eigenvalue weighted by molar-refractivity contribution is -0.147. The van der Waals surface area contributed by atoms with Gasteiger partial charge in [-0.25, -0.2) is 0 Å². The minimum absolute atomic E-state index is 0.0527. The number of aryl methyl sites for hydroxylation is 1. The van der Waals surface area contributed by atoms with Gasteiger partial charge >= 0.3 is 6.18 Å². The summed E-state index contributed by atoms with van der Waals surface area (Å²) in [5.41, 5.74) is 0.786. The van der Waals surface area contributed by atoms with Gasteiger partial charge in [0.1, 0.15) is 0 Å². The zero-order chi connectivity index (χ0) is 15.5. The van der Waals surface area contributed by atoms with Gasteiger partial charge in [0.25, 0.3) is 5.56 Å². The van der Waals surface area contributed by atoms with Crippen LogP contribution in [-0.4, -0.2) is 41.3 Å². The van der Waals surface area contributed by atoms with Gasteiger partial charge in [-0.05, 0) is 25.8 Å². The second kappa shape index (κ2) is 6.51. The summed E-state index contributed by atoms with van der Waals surface area (Å²) in [5, 5.41) is 3.30. The van der Waals surface area contributed by atoms with E-state index in [1.165, 1.54) is 11.0 Å². The van der Waals surface area contributed by atoms with Crippen molar-refractivity contribution in [2.45, 2.75) is 38.5 Å².